The van der Waals surface area contributed by atoms with Gasteiger partial charge >= 0.3 is 0 Å². The number of halogens is 2. The Morgan fingerprint density at radius 3 is 1.83 bits per heavy atom. The quantitative estimate of drug-likeness (QED) is 0.297. The zero-order valence-corrected chi connectivity index (χ0v) is 16.1. The molecule has 4 rings (SSSR count). The molecule has 0 fully saturated rings. The molecular formula is C20H12Br2S. The first-order valence-electron chi connectivity index (χ1n) is 7.26. The standard InChI is InChI=1S/C20H12Br2S/c21-15-9-5-13(6-10-15)19-17-3-1-2-4-18(17)23-20(19)14-7-11-16(22)12-8-14/h1-12H. The summed E-state index contributed by atoms with van der Waals surface area (Å²) < 4.78 is 3.53. The number of hydrogen-bond donors (Lipinski definition) is 0. The molecule has 0 aliphatic heterocycles. The van der Waals surface area contributed by atoms with E-state index in [-0.39, 0.29) is 0 Å². The molecule has 3 heteroatoms. The van der Waals surface area contributed by atoms with Crippen LogP contribution in [0.2, 0.25) is 0 Å². The van der Waals surface area contributed by atoms with Crippen molar-refractivity contribution in [3.05, 3.63) is 81.7 Å². The van der Waals surface area contributed by atoms with E-state index < -0.39 is 0 Å². The zero-order valence-electron chi connectivity index (χ0n) is 12.1. The van der Waals surface area contributed by atoms with Gasteiger partial charge in [0.1, 0.15) is 0 Å². The Labute approximate surface area is 156 Å². The van der Waals surface area contributed by atoms with Crippen LogP contribution in [0.1, 0.15) is 0 Å². The number of fused-ring (bicyclic) bond motifs is 1. The van der Waals surface area contributed by atoms with E-state index in [4.69, 9.17) is 0 Å². The third-order valence-corrected chi connectivity index (χ3v) is 6.11. The zero-order chi connectivity index (χ0) is 15.8. The predicted octanol–water partition coefficient (Wildman–Crippen LogP) is 7.76. The van der Waals surface area contributed by atoms with Gasteiger partial charge in [0.05, 0.1) is 0 Å². The summed E-state index contributed by atoms with van der Waals surface area (Å²) in [4.78, 5) is 1.32. The molecule has 1 aromatic heterocycles. The molecule has 0 nitrogen and oxygen atoms in total. The Morgan fingerprint density at radius 2 is 1.17 bits per heavy atom. The van der Waals surface area contributed by atoms with E-state index in [9.17, 15) is 0 Å². The van der Waals surface area contributed by atoms with Gasteiger partial charge in [0.15, 0.2) is 0 Å². The van der Waals surface area contributed by atoms with Gasteiger partial charge in [-0.25, -0.2) is 0 Å². The summed E-state index contributed by atoms with van der Waals surface area (Å²) in [5, 5.41) is 1.32. The molecule has 4 aromatic rings. The predicted molar refractivity (Wildman–Crippen MR) is 108 cm³/mol. The van der Waals surface area contributed by atoms with Crippen LogP contribution in [0.25, 0.3) is 31.7 Å². The number of rotatable bonds is 2. The minimum Gasteiger partial charge on any atom is -0.135 e. The van der Waals surface area contributed by atoms with Crippen molar-refractivity contribution in [2.45, 2.75) is 0 Å². The summed E-state index contributed by atoms with van der Waals surface area (Å²) in [5.41, 5.74) is 3.83. The highest BCUT2D eigenvalue weighted by Crippen LogP contribution is 2.44. The fourth-order valence-electron chi connectivity index (χ4n) is 2.75. The number of thiophene rings is 1. The first-order valence-corrected chi connectivity index (χ1v) is 9.66. The molecule has 0 aliphatic rings. The first kappa shape index (κ1) is 15.1. The lowest BCUT2D eigenvalue weighted by Crippen LogP contribution is -1.80. The highest BCUT2D eigenvalue weighted by Gasteiger charge is 2.15. The molecule has 0 unspecified atom stereocenters. The molecule has 0 radical (unpaired) electrons. The largest absolute Gasteiger partial charge is 0.135 e. The molecule has 0 saturated heterocycles. The van der Waals surface area contributed by atoms with Gasteiger partial charge in [0.25, 0.3) is 0 Å². The Balaban J connectivity index is 2.01. The van der Waals surface area contributed by atoms with Crippen molar-refractivity contribution < 1.29 is 0 Å². The van der Waals surface area contributed by atoms with E-state index in [0.717, 1.165) is 8.95 Å². The summed E-state index contributed by atoms with van der Waals surface area (Å²) >= 11 is 8.90. The maximum atomic E-state index is 3.53. The molecule has 0 N–H and O–H groups in total. The van der Waals surface area contributed by atoms with Crippen molar-refractivity contribution in [1.82, 2.24) is 0 Å². The molecule has 0 saturated carbocycles. The van der Waals surface area contributed by atoms with Crippen LogP contribution in [0.4, 0.5) is 0 Å². The highest BCUT2D eigenvalue weighted by atomic mass is 79.9. The van der Waals surface area contributed by atoms with Gasteiger partial charge in [-0.2, -0.15) is 0 Å². The van der Waals surface area contributed by atoms with Gasteiger partial charge < -0.3 is 0 Å². The molecule has 0 spiro atoms. The van der Waals surface area contributed by atoms with Gasteiger partial charge in [-0.15, -0.1) is 11.3 Å². The lowest BCUT2D eigenvalue weighted by atomic mass is 9.99. The summed E-state index contributed by atoms with van der Waals surface area (Å²) in [7, 11) is 0. The molecule has 3 aromatic carbocycles. The van der Waals surface area contributed by atoms with Crippen molar-refractivity contribution in [1.29, 1.82) is 0 Å². The normalized spacial score (nSPS) is 11.0. The van der Waals surface area contributed by atoms with Crippen LogP contribution in [0.15, 0.2) is 81.7 Å². The molecular weight excluding hydrogens is 432 g/mol. The highest BCUT2D eigenvalue weighted by molar-refractivity contribution is 9.10. The van der Waals surface area contributed by atoms with Gasteiger partial charge in [0, 0.05) is 29.5 Å². The fraction of sp³-hybridized carbons (Fsp3) is 0. The van der Waals surface area contributed by atoms with E-state index in [0.29, 0.717) is 0 Å². The average molecular weight is 444 g/mol. The van der Waals surface area contributed by atoms with Gasteiger partial charge in [-0.3, -0.25) is 0 Å². The monoisotopic (exact) mass is 442 g/mol. The Morgan fingerprint density at radius 1 is 0.609 bits per heavy atom. The van der Waals surface area contributed by atoms with Gasteiger partial charge in [0.2, 0.25) is 0 Å². The second-order valence-corrected chi connectivity index (χ2v) is 8.20. The van der Waals surface area contributed by atoms with Crippen molar-refractivity contribution in [3.8, 4) is 21.6 Å². The van der Waals surface area contributed by atoms with Crippen LogP contribution in [0.5, 0.6) is 0 Å². The summed E-state index contributed by atoms with van der Waals surface area (Å²) in [6.07, 6.45) is 0. The van der Waals surface area contributed by atoms with Crippen LogP contribution < -0.4 is 0 Å². The molecule has 1 heterocycles. The van der Waals surface area contributed by atoms with E-state index in [2.05, 4.69) is 105 Å². The average Bonchev–Trinajstić information content (AvgIpc) is 2.96. The Bertz CT molecular complexity index is 967. The third-order valence-electron chi connectivity index (χ3n) is 3.83. The smallest absolute Gasteiger partial charge is 0.0433 e. The summed E-state index contributed by atoms with van der Waals surface area (Å²) in [5.74, 6) is 0. The summed E-state index contributed by atoms with van der Waals surface area (Å²) in [6, 6.07) is 25.8. The minimum absolute atomic E-state index is 1.10. The Hall–Kier alpha value is -1.42. The van der Waals surface area contributed by atoms with E-state index in [1.165, 1.54) is 31.7 Å². The second kappa shape index (κ2) is 6.23. The SMILES string of the molecule is Brc1ccc(-c2sc3ccccc3c2-c2ccc(Br)cc2)cc1. The molecule has 0 bridgehead atoms. The molecule has 0 amide bonds. The van der Waals surface area contributed by atoms with Crippen LogP contribution >= 0.6 is 43.2 Å². The number of benzene rings is 3. The van der Waals surface area contributed by atoms with Crippen LogP contribution in [0, 0.1) is 0 Å². The maximum absolute atomic E-state index is 3.53. The fourth-order valence-corrected chi connectivity index (χ4v) is 4.51. The van der Waals surface area contributed by atoms with Crippen LogP contribution in [-0.4, -0.2) is 0 Å². The molecule has 0 aliphatic carbocycles. The van der Waals surface area contributed by atoms with E-state index >= 15 is 0 Å². The molecule has 23 heavy (non-hydrogen) atoms. The van der Waals surface area contributed by atoms with Crippen LogP contribution in [-0.2, 0) is 0 Å². The molecule has 0 atom stereocenters. The van der Waals surface area contributed by atoms with Crippen molar-refractivity contribution in [2.75, 3.05) is 0 Å². The van der Waals surface area contributed by atoms with Crippen molar-refractivity contribution >= 4 is 53.3 Å². The van der Waals surface area contributed by atoms with E-state index in [1.54, 1.807) is 0 Å². The van der Waals surface area contributed by atoms with Gasteiger partial charge in [-0.05, 0) is 41.5 Å². The van der Waals surface area contributed by atoms with Crippen molar-refractivity contribution in [2.24, 2.45) is 0 Å². The maximum Gasteiger partial charge on any atom is 0.0433 e. The Kier molecular flexibility index (Phi) is 4.10. The number of hydrogen-bond acceptors (Lipinski definition) is 1. The minimum atomic E-state index is 1.10. The van der Waals surface area contributed by atoms with E-state index in [1.807, 2.05) is 11.3 Å². The lowest BCUT2D eigenvalue weighted by Gasteiger charge is -2.06. The molecule has 112 valence electrons. The lowest BCUT2D eigenvalue weighted by molar-refractivity contribution is 1.62. The van der Waals surface area contributed by atoms with Crippen molar-refractivity contribution in [3.63, 3.8) is 0 Å². The van der Waals surface area contributed by atoms with Gasteiger partial charge in [-0.1, -0.05) is 74.3 Å². The van der Waals surface area contributed by atoms with Crippen LogP contribution in [0.3, 0.4) is 0 Å². The summed E-state index contributed by atoms with van der Waals surface area (Å²) in [6.45, 7) is 0. The third kappa shape index (κ3) is 2.89. The second-order valence-electron chi connectivity index (χ2n) is 5.32. The first-order chi connectivity index (χ1) is 11.2. The topological polar surface area (TPSA) is 0 Å².